The summed E-state index contributed by atoms with van der Waals surface area (Å²) in [6.45, 7) is 4.92. The second kappa shape index (κ2) is 8.61. The first-order chi connectivity index (χ1) is 13.6. The summed E-state index contributed by atoms with van der Waals surface area (Å²) in [4.78, 5) is 7.25. The van der Waals surface area contributed by atoms with Crippen LogP contribution in [0.25, 0.3) is 0 Å². The molecule has 0 spiro atoms. The van der Waals surface area contributed by atoms with Gasteiger partial charge < -0.3 is 19.9 Å². The Bertz CT molecular complexity index is 827. The maximum absolute atomic E-state index is 12.4. The van der Waals surface area contributed by atoms with Crippen molar-refractivity contribution in [1.29, 1.82) is 0 Å². The summed E-state index contributed by atoms with van der Waals surface area (Å²) < 4.78 is -0.254. The number of rotatable bonds is 6. The van der Waals surface area contributed by atoms with Crippen molar-refractivity contribution in [2.45, 2.75) is 16.2 Å². The molecular weight excluding hydrogens is 394 g/mol. The summed E-state index contributed by atoms with van der Waals surface area (Å²) in [5.41, 5.74) is 2.41. The molecule has 2 aliphatic heterocycles. The first-order valence-corrected chi connectivity index (χ1v) is 11.0. The maximum Gasteiger partial charge on any atom is 0.102 e. The lowest BCUT2D eigenvalue weighted by atomic mass is 10.2. The van der Waals surface area contributed by atoms with Gasteiger partial charge in [0.25, 0.3) is 0 Å². The molecule has 2 aromatic carbocycles. The molecule has 1 fully saturated rings. The van der Waals surface area contributed by atoms with E-state index in [1.54, 1.807) is 11.8 Å². The van der Waals surface area contributed by atoms with E-state index in [1.165, 1.54) is 21.2 Å². The van der Waals surface area contributed by atoms with Gasteiger partial charge in [0.05, 0.1) is 31.1 Å². The number of nitrogens with zero attached hydrogens (tertiary/aromatic N) is 3. The SMILES string of the molecule is [O-][N+]1(CCO)CCN(CCCN2c3ccccc3Sc3ccc(Cl)cc32)CC1. The van der Waals surface area contributed by atoms with Gasteiger partial charge in [-0.3, -0.25) is 4.90 Å². The van der Waals surface area contributed by atoms with Gasteiger partial charge in [0.2, 0.25) is 0 Å². The Hall–Kier alpha value is -1.28. The van der Waals surface area contributed by atoms with E-state index in [-0.39, 0.29) is 11.3 Å². The molecule has 2 heterocycles. The fourth-order valence-electron chi connectivity index (χ4n) is 4.00. The van der Waals surface area contributed by atoms with Crippen LogP contribution >= 0.6 is 23.4 Å². The summed E-state index contributed by atoms with van der Waals surface area (Å²) in [7, 11) is 0. The Kier molecular flexibility index (Phi) is 6.16. The van der Waals surface area contributed by atoms with E-state index in [1.807, 2.05) is 6.07 Å². The summed E-state index contributed by atoms with van der Waals surface area (Å²) in [5, 5.41) is 22.2. The molecule has 5 nitrogen and oxygen atoms in total. The first kappa shape index (κ1) is 20.0. The van der Waals surface area contributed by atoms with Crippen LogP contribution in [0.4, 0.5) is 11.4 Å². The van der Waals surface area contributed by atoms with E-state index in [9.17, 15) is 5.21 Å². The third-order valence-electron chi connectivity index (χ3n) is 5.60. The molecular formula is C21H26ClN3O2S. The van der Waals surface area contributed by atoms with Gasteiger partial charge in [-0.2, -0.15) is 0 Å². The maximum atomic E-state index is 12.4. The largest absolute Gasteiger partial charge is 0.633 e. The van der Waals surface area contributed by atoms with Crippen LogP contribution in [-0.4, -0.2) is 67.1 Å². The number of quaternary nitrogens is 1. The predicted molar refractivity (Wildman–Crippen MR) is 115 cm³/mol. The van der Waals surface area contributed by atoms with Gasteiger partial charge in [-0.05, 0) is 36.8 Å². The van der Waals surface area contributed by atoms with Gasteiger partial charge in [0.15, 0.2) is 0 Å². The Morgan fingerprint density at radius 1 is 1.04 bits per heavy atom. The van der Waals surface area contributed by atoms with E-state index in [2.05, 4.69) is 46.2 Å². The van der Waals surface area contributed by atoms with Crippen molar-refractivity contribution in [2.75, 3.05) is 57.3 Å². The zero-order chi connectivity index (χ0) is 19.6. The Labute approximate surface area is 175 Å². The smallest absolute Gasteiger partial charge is 0.102 e. The molecule has 0 atom stereocenters. The lowest BCUT2D eigenvalue weighted by Crippen LogP contribution is -2.57. The summed E-state index contributed by atoms with van der Waals surface area (Å²) in [6.07, 6.45) is 1.02. The lowest BCUT2D eigenvalue weighted by molar-refractivity contribution is -0.885. The number of aliphatic hydroxyl groups excluding tert-OH is 1. The number of piperazine rings is 1. The molecule has 2 aliphatic rings. The van der Waals surface area contributed by atoms with Crippen molar-refractivity contribution in [2.24, 2.45) is 0 Å². The fourth-order valence-corrected chi connectivity index (χ4v) is 5.24. The Balaban J connectivity index is 1.41. The molecule has 0 saturated carbocycles. The van der Waals surface area contributed by atoms with Crippen LogP contribution in [0.1, 0.15) is 6.42 Å². The highest BCUT2D eigenvalue weighted by atomic mass is 35.5. The van der Waals surface area contributed by atoms with Crippen molar-refractivity contribution in [3.8, 4) is 0 Å². The second-order valence-corrected chi connectivity index (χ2v) is 9.00. The van der Waals surface area contributed by atoms with Gasteiger partial charge in [-0.25, -0.2) is 0 Å². The van der Waals surface area contributed by atoms with Gasteiger partial charge in [-0.15, -0.1) is 0 Å². The van der Waals surface area contributed by atoms with E-state index in [4.69, 9.17) is 16.7 Å². The van der Waals surface area contributed by atoms with Crippen LogP contribution in [-0.2, 0) is 0 Å². The van der Waals surface area contributed by atoms with Crippen LogP contribution in [0.15, 0.2) is 52.3 Å². The molecule has 4 rings (SSSR count). The van der Waals surface area contributed by atoms with E-state index < -0.39 is 0 Å². The highest BCUT2D eigenvalue weighted by molar-refractivity contribution is 7.99. The van der Waals surface area contributed by atoms with E-state index in [0.29, 0.717) is 19.6 Å². The van der Waals surface area contributed by atoms with Gasteiger partial charge >= 0.3 is 0 Å². The Morgan fingerprint density at radius 2 is 1.79 bits per heavy atom. The number of fused-ring (bicyclic) bond motifs is 2. The quantitative estimate of drug-likeness (QED) is 0.567. The normalized spacial score (nSPS) is 18.6. The first-order valence-electron chi connectivity index (χ1n) is 9.82. The van der Waals surface area contributed by atoms with Gasteiger partial charge in [-0.1, -0.05) is 35.5 Å². The lowest BCUT2D eigenvalue weighted by Gasteiger charge is -2.48. The number of hydrogen-bond acceptors (Lipinski definition) is 5. The zero-order valence-corrected chi connectivity index (χ0v) is 17.5. The predicted octanol–water partition coefficient (Wildman–Crippen LogP) is 3.96. The highest BCUT2D eigenvalue weighted by Gasteiger charge is 2.26. The van der Waals surface area contributed by atoms with Crippen LogP contribution in [0.2, 0.25) is 5.02 Å². The number of halogens is 1. The molecule has 7 heteroatoms. The number of para-hydroxylation sites is 1. The second-order valence-electron chi connectivity index (χ2n) is 7.48. The minimum Gasteiger partial charge on any atom is -0.633 e. The highest BCUT2D eigenvalue weighted by Crippen LogP contribution is 2.48. The topological polar surface area (TPSA) is 49.8 Å². The third-order valence-corrected chi connectivity index (χ3v) is 6.96. The number of anilines is 2. The molecule has 0 radical (unpaired) electrons. The van der Waals surface area contributed by atoms with Crippen molar-refractivity contribution >= 4 is 34.7 Å². The number of aliphatic hydroxyl groups is 1. The Morgan fingerprint density at radius 3 is 2.57 bits per heavy atom. The van der Waals surface area contributed by atoms with Crippen molar-refractivity contribution in [1.82, 2.24) is 4.90 Å². The molecule has 0 bridgehead atoms. The van der Waals surface area contributed by atoms with E-state index >= 15 is 0 Å². The average molecular weight is 420 g/mol. The van der Waals surface area contributed by atoms with Crippen molar-refractivity contribution < 1.29 is 9.75 Å². The van der Waals surface area contributed by atoms with Gasteiger partial charge in [0, 0.05) is 41.0 Å². The minimum atomic E-state index is -0.254. The molecule has 0 aliphatic carbocycles. The minimum absolute atomic E-state index is 0.0299. The molecule has 0 aromatic heterocycles. The van der Waals surface area contributed by atoms with Crippen molar-refractivity contribution in [3.05, 3.63) is 52.7 Å². The molecule has 28 heavy (non-hydrogen) atoms. The molecule has 0 amide bonds. The van der Waals surface area contributed by atoms with Crippen LogP contribution in [0.5, 0.6) is 0 Å². The average Bonchev–Trinajstić information content (AvgIpc) is 2.69. The van der Waals surface area contributed by atoms with Crippen LogP contribution < -0.4 is 4.90 Å². The summed E-state index contributed by atoms with van der Waals surface area (Å²) in [5.74, 6) is 0. The number of benzene rings is 2. The fraction of sp³-hybridized carbons (Fsp3) is 0.429. The monoisotopic (exact) mass is 419 g/mol. The van der Waals surface area contributed by atoms with Crippen molar-refractivity contribution in [3.63, 3.8) is 0 Å². The molecule has 1 N–H and O–H groups in total. The summed E-state index contributed by atoms with van der Waals surface area (Å²) in [6, 6.07) is 14.6. The molecule has 1 saturated heterocycles. The third kappa shape index (κ3) is 4.32. The molecule has 0 unspecified atom stereocenters. The van der Waals surface area contributed by atoms with Crippen LogP contribution in [0, 0.1) is 5.21 Å². The summed E-state index contributed by atoms with van der Waals surface area (Å²) >= 11 is 8.08. The molecule has 150 valence electrons. The number of hydroxylamine groups is 3. The molecule has 2 aromatic rings. The van der Waals surface area contributed by atoms with E-state index in [0.717, 1.165) is 37.6 Å². The zero-order valence-electron chi connectivity index (χ0n) is 15.9. The van der Waals surface area contributed by atoms with Crippen LogP contribution in [0.3, 0.4) is 0 Å². The van der Waals surface area contributed by atoms with Gasteiger partial charge in [0.1, 0.15) is 6.54 Å². The number of hydrogen-bond donors (Lipinski definition) is 1. The standard InChI is InChI=1S/C21H26ClN3O2S/c22-17-6-7-21-19(16-17)24(18-4-1-2-5-20(18)28-21)9-3-8-23-10-12-25(27,13-11-23)14-15-26/h1-2,4-7,16,26H,3,8-15H2.